The standard InChI is InChI=1S/C14H19NO3/c1-11(12-7-3-2-4-8-12)15-13(16)9-5-6-10-14(17)18/h2-4,7-8,11H,5-6,9-10H2,1H3,(H,15,16)(H,17,18)/t11-/m1/s1. The van der Waals surface area contributed by atoms with E-state index in [1.807, 2.05) is 37.3 Å². The maximum Gasteiger partial charge on any atom is 0.303 e. The van der Waals surface area contributed by atoms with Gasteiger partial charge in [0.15, 0.2) is 0 Å². The van der Waals surface area contributed by atoms with Gasteiger partial charge in [0.05, 0.1) is 6.04 Å². The molecule has 0 aliphatic heterocycles. The van der Waals surface area contributed by atoms with Gasteiger partial charge in [-0.15, -0.1) is 0 Å². The second-order valence-electron chi connectivity index (χ2n) is 4.30. The fourth-order valence-electron chi connectivity index (χ4n) is 1.70. The number of carbonyl (C=O) groups excluding carboxylic acids is 1. The Morgan fingerprint density at radius 3 is 2.39 bits per heavy atom. The van der Waals surface area contributed by atoms with Crippen LogP contribution in [0.4, 0.5) is 0 Å². The second-order valence-corrected chi connectivity index (χ2v) is 4.30. The molecule has 0 saturated heterocycles. The third kappa shape index (κ3) is 5.48. The van der Waals surface area contributed by atoms with Crippen molar-refractivity contribution in [3.8, 4) is 0 Å². The lowest BCUT2D eigenvalue weighted by molar-refractivity contribution is -0.137. The summed E-state index contributed by atoms with van der Waals surface area (Å²) in [7, 11) is 0. The minimum Gasteiger partial charge on any atom is -0.481 e. The van der Waals surface area contributed by atoms with Gasteiger partial charge < -0.3 is 10.4 Å². The first-order valence-electron chi connectivity index (χ1n) is 6.15. The molecule has 0 fully saturated rings. The number of nitrogens with one attached hydrogen (secondary N) is 1. The molecular formula is C14H19NO3. The molecule has 98 valence electrons. The van der Waals surface area contributed by atoms with E-state index >= 15 is 0 Å². The Kier molecular flexibility index (Phi) is 5.91. The molecule has 0 unspecified atom stereocenters. The molecule has 1 aromatic carbocycles. The zero-order valence-electron chi connectivity index (χ0n) is 10.6. The predicted molar refractivity (Wildman–Crippen MR) is 69.1 cm³/mol. The summed E-state index contributed by atoms with van der Waals surface area (Å²) in [6.07, 6.45) is 1.66. The van der Waals surface area contributed by atoms with Crippen LogP contribution in [-0.4, -0.2) is 17.0 Å². The Morgan fingerprint density at radius 2 is 1.78 bits per heavy atom. The topological polar surface area (TPSA) is 66.4 Å². The van der Waals surface area contributed by atoms with Crippen LogP contribution in [0.1, 0.15) is 44.2 Å². The molecule has 0 heterocycles. The van der Waals surface area contributed by atoms with Crippen molar-refractivity contribution in [2.75, 3.05) is 0 Å². The number of hydrogen-bond acceptors (Lipinski definition) is 2. The van der Waals surface area contributed by atoms with Crippen LogP contribution in [0.3, 0.4) is 0 Å². The molecule has 0 radical (unpaired) electrons. The Balaban J connectivity index is 2.26. The summed E-state index contributed by atoms with van der Waals surface area (Å²) in [4.78, 5) is 21.9. The SMILES string of the molecule is C[C@@H](NC(=O)CCCCC(=O)O)c1ccccc1. The molecule has 0 spiro atoms. The van der Waals surface area contributed by atoms with Crippen molar-refractivity contribution in [1.82, 2.24) is 5.32 Å². The minimum absolute atomic E-state index is 0.0156. The van der Waals surface area contributed by atoms with Crippen LogP contribution < -0.4 is 5.32 Å². The quantitative estimate of drug-likeness (QED) is 0.730. The van der Waals surface area contributed by atoms with Crippen molar-refractivity contribution in [1.29, 1.82) is 0 Å². The number of aliphatic carboxylic acids is 1. The van der Waals surface area contributed by atoms with Crippen molar-refractivity contribution in [3.05, 3.63) is 35.9 Å². The largest absolute Gasteiger partial charge is 0.481 e. The minimum atomic E-state index is -0.812. The van der Waals surface area contributed by atoms with E-state index in [2.05, 4.69) is 5.32 Å². The smallest absolute Gasteiger partial charge is 0.303 e. The zero-order valence-corrected chi connectivity index (χ0v) is 10.6. The van der Waals surface area contributed by atoms with Gasteiger partial charge in [0.1, 0.15) is 0 Å². The van der Waals surface area contributed by atoms with Crippen molar-refractivity contribution >= 4 is 11.9 Å². The number of benzene rings is 1. The number of carboxylic acid groups (broad SMARTS) is 1. The van der Waals surface area contributed by atoms with Crippen molar-refractivity contribution < 1.29 is 14.7 Å². The molecule has 0 aliphatic carbocycles. The maximum absolute atomic E-state index is 11.6. The Morgan fingerprint density at radius 1 is 1.17 bits per heavy atom. The summed E-state index contributed by atoms with van der Waals surface area (Å²) in [6, 6.07) is 9.72. The molecule has 0 aromatic heterocycles. The van der Waals surface area contributed by atoms with E-state index in [1.165, 1.54) is 0 Å². The van der Waals surface area contributed by atoms with Crippen LogP contribution in [0.15, 0.2) is 30.3 Å². The molecule has 1 rings (SSSR count). The number of rotatable bonds is 7. The van der Waals surface area contributed by atoms with Gasteiger partial charge >= 0.3 is 5.97 Å². The van der Waals surface area contributed by atoms with Gasteiger partial charge in [0.2, 0.25) is 5.91 Å². The summed E-state index contributed by atoms with van der Waals surface area (Å²) in [6.45, 7) is 1.94. The van der Waals surface area contributed by atoms with Gasteiger partial charge in [-0.2, -0.15) is 0 Å². The van der Waals surface area contributed by atoms with Gasteiger partial charge in [0.25, 0.3) is 0 Å². The molecular weight excluding hydrogens is 230 g/mol. The predicted octanol–water partition coefficient (Wildman–Crippen LogP) is 2.51. The first-order chi connectivity index (χ1) is 8.59. The number of carboxylic acids is 1. The molecule has 4 heteroatoms. The Bertz CT molecular complexity index is 389. The zero-order chi connectivity index (χ0) is 13.4. The number of hydrogen-bond donors (Lipinski definition) is 2. The Hall–Kier alpha value is -1.84. The second kappa shape index (κ2) is 7.48. The van der Waals surface area contributed by atoms with Crippen LogP contribution in [0, 0.1) is 0 Å². The van der Waals surface area contributed by atoms with E-state index in [4.69, 9.17) is 5.11 Å². The third-order valence-corrected chi connectivity index (χ3v) is 2.72. The average Bonchev–Trinajstić information content (AvgIpc) is 2.35. The Labute approximate surface area is 107 Å². The third-order valence-electron chi connectivity index (χ3n) is 2.72. The van der Waals surface area contributed by atoms with E-state index in [1.54, 1.807) is 0 Å². The van der Waals surface area contributed by atoms with E-state index in [0.717, 1.165) is 5.56 Å². The van der Waals surface area contributed by atoms with Gasteiger partial charge in [-0.25, -0.2) is 0 Å². The maximum atomic E-state index is 11.6. The molecule has 18 heavy (non-hydrogen) atoms. The molecule has 0 saturated carbocycles. The van der Waals surface area contributed by atoms with E-state index in [-0.39, 0.29) is 18.4 Å². The lowest BCUT2D eigenvalue weighted by Gasteiger charge is -2.14. The van der Waals surface area contributed by atoms with Gasteiger partial charge in [-0.05, 0) is 25.3 Å². The van der Waals surface area contributed by atoms with Crippen LogP contribution >= 0.6 is 0 Å². The molecule has 1 amide bonds. The van der Waals surface area contributed by atoms with Gasteiger partial charge in [-0.3, -0.25) is 9.59 Å². The first kappa shape index (κ1) is 14.2. The highest BCUT2D eigenvalue weighted by atomic mass is 16.4. The summed E-state index contributed by atoms with van der Waals surface area (Å²) in [5.74, 6) is -0.843. The van der Waals surface area contributed by atoms with E-state index in [0.29, 0.717) is 19.3 Å². The van der Waals surface area contributed by atoms with Crippen LogP contribution in [0.5, 0.6) is 0 Å². The fraction of sp³-hybridized carbons (Fsp3) is 0.429. The van der Waals surface area contributed by atoms with Crippen LogP contribution in [0.25, 0.3) is 0 Å². The lowest BCUT2D eigenvalue weighted by Crippen LogP contribution is -2.26. The summed E-state index contributed by atoms with van der Waals surface area (Å²) in [5.41, 5.74) is 1.07. The van der Waals surface area contributed by atoms with Crippen molar-refractivity contribution in [3.63, 3.8) is 0 Å². The lowest BCUT2D eigenvalue weighted by atomic mass is 10.1. The van der Waals surface area contributed by atoms with Gasteiger partial charge in [0, 0.05) is 12.8 Å². The summed E-state index contributed by atoms with van der Waals surface area (Å²) < 4.78 is 0. The van der Waals surface area contributed by atoms with Crippen LogP contribution in [-0.2, 0) is 9.59 Å². The first-order valence-corrected chi connectivity index (χ1v) is 6.15. The highest BCUT2D eigenvalue weighted by Crippen LogP contribution is 2.11. The molecule has 0 bridgehead atoms. The highest BCUT2D eigenvalue weighted by molar-refractivity contribution is 5.76. The monoisotopic (exact) mass is 249 g/mol. The number of carbonyl (C=O) groups is 2. The molecule has 1 atom stereocenters. The highest BCUT2D eigenvalue weighted by Gasteiger charge is 2.08. The average molecular weight is 249 g/mol. The van der Waals surface area contributed by atoms with Crippen molar-refractivity contribution in [2.45, 2.75) is 38.6 Å². The fourth-order valence-corrected chi connectivity index (χ4v) is 1.70. The molecule has 0 aliphatic rings. The van der Waals surface area contributed by atoms with Gasteiger partial charge in [-0.1, -0.05) is 30.3 Å². The number of unbranched alkanes of at least 4 members (excludes halogenated alkanes) is 1. The summed E-state index contributed by atoms with van der Waals surface area (Å²) >= 11 is 0. The van der Waals surface area contributed by atoms with Crippen molar-refractivity contribution in [2.24, 2.45) is 0 Å². The number of amides is 1. The van der Waals surface area contributed by atoms with E-state index in [9.17, 15) is 9.59 Å². The van der Waals surface area contributed by atoms with E-state index < -0.39 is 5.97 Å². The molecule has 1 aromatic rings. The summed E-state index contributed by atoms with van der Waals surface area (Å²) in [5, 5.41) is 11.4. The molecule has 2 N–H and O–H groups in total. The normalized spacial score (nSPS) is 11.8. The molecule has 4 nitrogen and oxygen atoms in total. The van der Waals surface area contributed by atoms with Crippen LogP contribution in [0.2, 0.25) is 0 Å².